The second-order valence-corrected chi connectivity index (χ2v) is 6.79. The summed E-state index contributed by atoms with van der Waals surface area (Å²) in [6.45, 7) is 10.3. The molecule has 0 bridgehead atoms. The van der Waals surface area contributed by atoms with Gasteiger partial charge in [0, 0.05) is 0 Å². The zero-order valence-corrected chi connectivity index (χ0v) is 11.4. The van der Waals surface area contributed by atoms with Crippen molar-refractivity contribution in [1.29, 1.82) is 0 Å². The van der Waals surface area contributed by atoms with E-state index in [4.69, 9.17) is 0 Å². The first-order chi connectivity index (χ1) is 7.77. The molecule has 2 rings (SSSR count). The third-order valence-corrected chi connectivity index (χ3v) is 5.48. The van der Waals surface area contributed by atoms with Crippen molar-refractivity contribution in [3.05, 3.63) is 12.2 Å². The molecule has 2 saturated carbocycles. The molecule has 0 heterocycles. The van der Waals surface area contributed by atoms with Crippen LogP contribution in [0.25, 0.3) is 0 Å². The Labute approximate surface area is 105 Å². The fourth-order valence-corrected chi connectivity index (χ4v) is 4.07. The van der Waals surface area contributed by atoms with Gasteiger partial charge in [0.15, 0.2) is 0 Å². The van der Waals surface area contributed by atoms with Gasteiger partial charge in [-0.2, -0.15) is 0 Å². The number of hydrogen-bond acceptors (Lipinski definition) is 2. The van der Waals surface area contributed by atoms with Crippen LogP contribution in [0, 0.1) is 17.3 Å². The minimum Gasteiger partial charge on any atom is -0.393 e. The van der Waals surface area contributed by atoms with Crippen LogP contribution in [0.2, 0.25) is 0 Å². The topological polar surface area (TPSA) is 40.5 Å². The maximum Gasteiger partial charge on any atom is 0.0655 e. The number of aliphatic hydroxyl groups excluding tert-OH is 1. The number of allylic oxidation sites excluding steroid dienone is 1. The molecule has 0 saturated heterocycles. The number of rotatable bonds is 1. The van der Waals surface area contributed by atoms with Crippen LogP contribution in [0.4, 0.5) is 0 Å². The lowest BCUT2D eigenvalue weighted by atomic mass is 9.52. The molecule has 0 amide bonds. The van der Waals surface area contributed by atoms with Crippen molar-refractivity contribution in [3.63, 3.8) is 0 Å². The summed E-state index contributed by atoms with van der Waals surface area (Å²) in [5.41, 5.74) is 0.499. The largest absolute Gasteiger partial charge is 0.393 e. The molecule has 0 aromatic rings. The molecule has 2 N–H and O–H groups in total. The second kappa shape index (κ2) is 4.10. The molecule has 0 aromatic carbocycles. The van der Waals surface area contributed by atoms with Gasteiger partial charge in [-0.3, -0.25) is 0 Å². The molecule has 2 nitrogen and oxygen atoms in total. The van der Waals surface area contributed by atoms with Crippen molar-refractivity contribution >= 4 is 0 Å². The number of hydrogen-bond donors (Lipinski definition) is 2. The molecule has 2 aliphatic rings. The van der Waals surface area contributed by atoms with Crippen LogP contribution < -0.4 is 0 Å². The van der Waals surface area contributed by atoms with Crippen molar-refractivity contribution in [2.45, 2.75) is 64.6 Å². The minimum absolute atomic E-state index is 0.103. The third kappa shape index (κ3) is 2.06. The van der Waals surface area contributed by atoms with Crippen LogP contribution in [0.5, 0.6) is 0 Å². The van der Waals surface area contributed by atoms with Crippen molar-refractivity contribution in [1.82, 2.24) is 0 Å². The Balaban J connectivity index is 2.27. The van der Waals surface area contributed by atoms with Gasteiger partial charge >= 0.3 is 0 Å². The molecule has 5 atom stereocenters. The predicted octanol–water partition coefficient (Wildman–Crippen LogP) is 2.89. The van der Waals surface area contributed by atoms with Crippen LogP contribution in [0.3, 0.4) is 0 Å². The van der Waals surface area contributed by atoms with Gasteiger partial charge in [0.1, 0.15) is 0 Å². The number of fused-ring (bicyclic) bond motifs is 1. The molecular weight excluding hydrogens is 212 g/mol. The van der Waals surface area contributed by atoms with E-state index in [0.29, 0.717) is 5.92 Å². The van der Waals surface area contributed by atoms with E-state index in [0.717, 1.165) is 32.1 Å². The quantitative estimate of drug-likeness (QED) is 0.690. The molecule has 0 aromatic heterocycles. The van der Waals surface area contributed by atoms with Crippen molar-refractivity contribution in [2.75, 3.05) is 0 Å². The molecule has 0 spiro atoms. The van der Waals surface area contributed by atoms with Crippen molar-refractivity contribution in [3.8, 4) is 0 Å². The van der Waals surface area contributed by atoms with Gasteiger partial charge in [-0.05, 0) is 63.2 Å². The Morgan fingerprint density at radius 3 is 2.47 bits per heavy atom. The molecule has 98 valence electrons. The van der Waals surface area contributed by atoms with E-state index in [1.54, 1.807) is 0 Å². The summed E-state index contributed by atoms with van der Waals surface area (Å²) in [5.74, 6) is 0.721. The highest BCUT2D eigenvalue weighted by Gasteiger charge is 2.54. The minimum atomic E-state index is -0.623. The first-order valence-corrected chi connectivity index (χ1v) is 6.83. The van der Waals surface area contributed by atoms with Crippen LogP contribution >= 0.6 is 0 Å². The van der Waals surface area contributed by atoms with Crippen LogP contribution in [0.15, 0.2) is 12.2 Å². The summed E-state index contributed by atoms with van der Waals surface area (Å²) in [6, 6.07) is 0. The van der Waals surface area contributed by atoms with Crippen LogP contribution in [-0.4, -0.2) is 21.9 Å². The van der Waals surface area contributed by atoms with Crippen molar-refractivity contribution < 1.29 is 10.2 Å². The average Bonchev–Trinajstić information content (AvgIpc) is 2.24. The van der Waals surface area contributed by atoms with Gasteiger partial charge in [0.05, 0.1) is 11.7 Å². The average molecular weight is 238 g/mol. The first kappa shape index (κ1) is 13.1. The van der Waals surface area contributed by atoms with E-state index in [1.165, 1.54) is 5.57 Å². The molecule has 17 heavy (non-hydrogen) atoms. The van der Waals surface area contributed by atoms with Gasteiger partial charge in [0.25, 0.3) is 0 Å². The zero-order chi connectivity index (χ0) is 12.8. The monoisotopic (exact) mass is 238 g/mol. The summed E-state index contributed by atoms with van der Waals surface area (Å²) in [4.78, 5) is 0. The maximum absolute atomic E-state index is 10.6. The normalized spacial score (nSPS) is 50.8. The Hall–Kier alpha value is -0.340. The summed E-state index contributed by atoms with van der Waals surface area (Å²) in [5, 5.41) is 20.9. The smallest absolute Gasteiger partial charge is 0.0655 e. The lowest BCUT2D eigenvalue weighted by Crippen LogP contribution is -2.57. The lowest BCUT2D eigenvalue weighted by molar-refractivity contribution is -0.171. The molecule has 0 radical (unpaired) electrons. The van der Waals surface area contributed by atoms with Gasteiger partial charge in [-0.1, -0.05) is 19.1 Å². The van der Waals surface area contributed by atoms with Gasteiger partial charge in [-0.25, -0.2) is 0 Å². The van der Waals surface area contributed by atoms with Crippen LogP contribution in [-0.2, 0) is 0 Å². The molecule has 2 fully saturated rings. The summed E-state index contributed by atoms with van der Waals surface area (Å²) in [7, 11) is 0. The van der Waals surface area contributed by atoms with E-state index in [2.05, 4.69) is 20.4 Å². The van der Waals surface area contributed by atoms with E-state index < -0.39 is 5.60 Å². The predicted molar refractivity (Wildman–Crippen MR) is 69.6 cm³/mol. The summed E-state index contributed by atoms with van der Waals surface area (Å²) < 4.78 is 0. The lowest BCUT2D eigenvalue weighted by Gasteiger charge is -2.56. The zero-order valence-electron chi connectivity index (χ0n) is 11.4. The van der Waals surface area contributed by atoms with Gasteiger partial charge in [-0.15, -0.1) is 0 Å². The Bertz CT molecular complexity index is 321. The Kier molecular flexibility index (Phi) is 3.16. The fourth-order valence-electron chi connectivity index (χ4n) is 4.07. The van der Waals surface area contributed by atoms with Gasteiger partial charge < -0.3 is 10.2 Å². The number of aliphatic hydroxyl groups is 2. The van der Waals surface area contributed by atoms with Gasteiger partial charge in [0.2, 0.25) is 0 Å². The maximum atomic E-state index is 10.6. The Morgan fingerprint density at radius 2 is 1.88 bits per heavy atom. The third-order valence-electron chi connectivity index (χ3n) is 5.48. The highest BCUT2D eigenvalue weighted by Crippen LogP contribution is 2.56. The SMILES string of the molecule is C=C(C)[C@@H]1CC[C@@]2(C)[C@H](O)CC[C@@](C)(O)[C@H]2C1. The second-order valence-electron chi connectivity index (χ2n) is 6.79. The fraction of sp³-hybridized carbons (Fsp3) is 0.867. The van der Waals surface area contributed by atoms with E-state index in [1.807, 2.05) is 6.92 Å². The van der Waals surface area contributed by atoms with Crippen LogP contribution in [0.1, 0.15) is 52.9 Å². The highest BCUT2D eigenvalue weighted by atomic mass is 16.3. The molecule has 2 heteroatoms. The molecule has 0 aliphatic heterocycles. The molecular formula is C15H26O2. The Morgan fingerprint density at radius 1 is 1.24 bits per heavy atom. The van der Waals surface area contributed by atoms with E-state index >= 15 is 0 Å². The first-order valence-electron chi connectivity index (χ1n) is 6.83. The molecule has 2 aliphatic carbocycles. The summed E-state index contributed by atoms with van der Waals surface area (Å²) >= 11 is 0. The molecule has 0 unspecified atom stereocenters. The standard InChI is InChI=1S/C15H26O2/c1-10(2)11-5-7-14(3)12(9-11)15(4,17)8-6-13(14)16/h11-13,16-17H,1,5-9H2,2-4H3/t11-,12+,13-,14-,15-/m1/s1. The van der Waals surface area contributed by atoms with E-state index in [9.17, 15) is 10.2 Å². The summed E-state index contributed by atoms with van der Waals surface area (Å²) in [6.07, 6.45) is 4.30. The highest BCUT2D eigenvalue weighted by molar-refractivity contribution is 5.09. The van der Waals surface area contributed by atoms with E-state index in [-0.39, 0.29) is 17.4 Å². The van der Waals surface area contributed by atoms with Crippen molar-refractivity contribution in [2.24, 2.45) is 17.3 Å².